The van der Waals surface area contributed by atoms with Gasteiger partial charge in [-0.05, 0) is 32.6 Å². The SMILES string of the molecule is CC(=O)OC(C)(C)C1C=CC(C)CC1. The Morgan fingerprint density at radius 1 is 1.36 bits per heavy atom. The highest BCUT2D eigenvalue weighted by Crippen LogP contribution is 2.32. The van der Waals surface area contributed by atoms with Crippen LogP contribution in [0.2, 0.25) is 0 Å². The summed E-state index contributed by atoms with van der Waals surface area (Å²) in [7, 11) is 0. The van der Waals surface area contributed by atoms with Crippen LogP contribution in [0, 0.1) is 11.8 Å². The summed E-state index contributed by atoms with van der Waals surface area (Å²) in [4.78, 5) is 10.9. The first-order valence-corrected chi connectivity index (χ1v) is 5.29. The monoisotopic (exact) mass is 196 g/mol. The Morgan fingerprint density at radius 2 is 2.00 bits per heavy atom. The first-order chi connectivity index (χ1) is 6.42. The molecule has 0 saturated carbocycles. The van der Waals surface area contributed by atoms with Crippen molar-refractivity contribution in [2.75, 3.05) is 0 Å². The van der Waals surface area contributed by atoms with E-state index in [1.165, 1.54) is 13.3 Å². The second-order valence-corrected chi connectivity index (χ2v) is 4.74. The van der Waals surface area contributed by atoms with Gasteiger partial charge < -0.3 is 4.74 Å². The molecule has 0 bridgehead atoms. The largest absolute Gasteiger partial charge is 0.459 e. The number of rotatable bonds is 2. The molecule has 0 aromatic carbocycles. The average molecular weight is 196 g/mol. The van der Waals surface area contributed by atoms with Crippen LogP contribution in [0.25, 0.3) is 0 Å². The molecule has 1 aliphatic carbocycles. The molecule has 2 atom stereocenters. The van der Waals surface area contributed by atoms with Crippen LogP contribution in [0.15, 0.2) is 12.2 Å². The van der Waals surface area contributed by atoms with Gasteiger partial charge in [-0.3, -0.25) is 4.79 Å². The van der Waals surface area contributed by atoms with Crippen molar-refractivity contribution in [1.82, 2.24) is 0 Å². The van der Waals surface area contributed by atoms with Gasteiger partial charge in [0.25, 0.3) is 0 Å². The van der Waals surface area contributed by atoms with E-state index in [1.54, 1.807) is 0 Å². The topological polar surface area (TPSA) is 26.3 Å². The molecular formula is C12H20O2. The van der Waals surface area contributed by atoms with E-state index in [1.807, 2.05) is 13.8 Å². The van der Waals surface area contributed by atoms with Gasteiger partial charge >= 0.3 is 5.97 Å². The Balaban J connectivity index is 2.63. The van der Waals surface area contributed by atoms with Crippen molar-refractivity contribution in [1.29, 1.82) is 0 Å². The summed E-state index contributed by atoms with van der Waals surface area (Å²) in [6.07, 6.45) is 6.71. The third kappa shape index (κ3) is 2.86. The van der Waals surface area contributed by atoms with Gasteiger partial charge in [-0.1, -0.05) is 19.1 Å². The highest BCUT2D eigenvalue weighted by molar-refractivity contribution is 5.66. The molecule has 0 fully saturated rings. The molecule has 2 nitrogen and oxygen atoms in total. The summed E-state index contributed by atoms with van der Waals surface area (Å²) in [6, 6.07) is 0. The normalized spacial score (nSPS) is 27.4. The summed E-state index contributed by atoms with van der Waals surface area (Å²) in [5, 5.41) is 0. The van der Waals surface area contributed by atoms with E-state index in [0.29, 0.717) is 11.8 Å². The molecule has 0 aromatic heterocycles. The molecule has 0 saturated heterocycles. The maximum Gasteiger partial charge on any atom is 0.303 e. The minimum atomic E-state index is -0.359. The summed E-state index contributed by atoms with van der Waals surface area (Å²) in [5.41, 5.74) is -0.359. The van der Waals surface area contributed by atoms with Crippen molar-refractivity contribution in [3.63, 3.8) is 0 Å². The minimum Gasteiger partial charge on any atom is -0.459 e. The Kier molecular flexibility index (Phi) is 3.35. The maximum absolute atomic E-state index is 10.9. The number of carbonyl (C=O) groups excluding carboxylic acids is 1. The average Bonchev–Trinajstić information content (AvgIpc) is 2.02. The van der Waals surface area contributed by atoms with Crippen LogP contribution < -0.4 is 0 Å². The predicted molar refractivity (Wildman–Crippen MR) is 56.9 cm³/mol. The lowest BCUT2D eigenvalue weighted by molar-refractivity contribution is -0.157. The molecule has 0 aromatic rings. The van der Waals surface area contributed by atoms with Gasteiger partial charge in [-0.2, -0.15) is 0 Å². The van der Waals surface area contributed by atoms with Crippen molar-refractivity contribution >= 4 is 5.97 Å². The van der Waals surface area contributed by atoms with E-state index in [2.05, 4.69) is 19.1 Å². The van der Waals surface area contributed by atoms with E-state index in [-0.39, 0.29) is 11.6 Å². The van der Waals surface area contributed by atoms with Crippen molar-refractivity contribution in [3.05, 3.63) is 12.2 Å². The molecular weight excluding hydrogens is 176 g/mol. The van der Waals surface area contributed by atoms with Gasteiger partial charge in [0, 0.05) is 12.8 Å². The van der Waals surface area contributed by atoms with Crippen LogP contribution in [0.4, 0.5) is 0 Å². The zero-order chi connectivity index (χ0) is 10.8. The van der Waals surface area contributed by atoms with Gasteiger partial charge in [0.1, 0.15) is 5.60 Å². The van der Waals surface area contributed by atoms with Gasteiger partial charge in [-0.15, -0.1) is 0 Å². The molecule has 14 heavy (non-hydrogen) atoms. The maximum atomic E-state index is 10.9. The van der Waals surface area contributed by atoms with Gasteiger partial charge in [0.15, 0.2) is 0 Å². The van der Waals surface area contributed by atoms with Crippen molar-refractivity contribution < 1.29 is 9.53 Å². The van der Waals surface area contributed by atoms with Gasteiger partial charge in [-0.25, -0.2) is 0 Å². The zero-order valence-electron chi connectivity index (χ0n) is 9.54. The lowest BCUT2D eigenvalue weighted by Crippen LogP contribution is -2.36. The highest BCUT2D eigenvalue weighted by atomic mass is 16.6. The van der Waals surface area contributed by atoms with Crippen molar-refractivity contribution in [2.45, 2.75) is 46.1 Å². The summed E-state index contributed by atoms with van der Waals surface area (Å²) >= 11 is 0. The standard InChI is InChI=1S/C12H20O2/c1-9-5-7-11(8-6-9)12(3,4)14-10(2)13/h5,7,9,11H,6,8H2,1-4H3. The fraction of sp³-hybridized carbons (Fsp3) is 0.750. The van der Waals surface area contributed by atoms with Crippen LogP contribution >= 0.6 is 0 Å². The van der Waals surface area contributed by atoms with Crippen molar-refractivity contribution in [3.8, 4) is 0 Å². The Bertz CT molecular complexity index is 241. The lowest BCUT2D eigenvalue weighted by atomic mass is 9.80. The molecule has 1 aliphatic rings. The molecule has 0 amide bonds. The Hall–Kier alpha value is -0.790. The summed E-state index contributed by atoms with van der Waals surface area (Å²) in [5.74, 6) is 0.837. The molecule has 80 valence electrons. The number of hydrogen-bond donors (Lipinski definition) is 0. The Morgan fingerprint density at radius 3 is 2.43 bits per heavy atom. The van der Waals surface area contributed by atoms with Crippen LogP contribution in [-0.4, -0.2) is 11.6 Å². The fourth-order valence-corrected chi connectivity index (χ4v) is 1.98. The highest BCUT2D eigenvalue weighted by Gasteiger charge is 2.32. The van der Waals surface area contributed by atoms with Gasteiger partial charge in [0.05, 0.1) is 0 Å². The number of hydrogen-bond acceptors (Lipinski definition) is 2. The van der Waals surface area contributed by atoms with Crippen LogP contribution in [0.3, 0.4) is 0 Å². The molecule has 0 N–H and O–H groups in total. The molecule has 0 heterocycles. The van der Waals surface area contributed by atoms with Crippen LogP contribution in [0.5, 0.6) is 0 Å². The second-order valence-electron chi connectivity index (χ2n) is 4.74. The molecule has 0 spiro atoms. The van der Waals surface area contributed by atoms with E-state index >= 15 is 0 Å². The number of allylic oxidation sites excluding steroid dienone is 1. The second kappa shape index (κ2) is 4.16. The van der Waals surface area contributed by atoms with Gasteiger partial charge in [0.2, 0.25) is 0 Å². The van der Waals surface area contributed by atoms with E-state index in [0.717, 1.165) is 6.42 Å². The molecule has 0 aliphatic heterocycles. The lowest BCUT2D eigenvalue weighted by Gasteiger charge is -2.34. The predicted octanol–water partition coefficient (Wildman–Crippen LogP) is 2.93. The third-order valence-corrected chi connectivity index (χ3v) is 2.90. The van der Waals surface area contributed by atoms with E-state index in [9.17, 15) is 4.79 Å². The fourth-order valence-electron chi connectivity index (χ4n) is 1.98. The summed E-state index contributed by atoms with van der Waals surface area (Å²) < 4.78 is 5.32. The van der Waals surface area contributed by atoms with Crippen molar-refractivity contribution in [2.24, 2.45) is 11.8 Å². The van der Waals surface area contributed by atoms with E-state index in [4.69, 9.17) is 4.74 Å². The third-order valence-electron chi connectivity index (χ3n) is 2.90. The molecule has 2 heteroatoms. The zero-order valence-corrected chi connectivity index (χ0v) is 9.54. The first-order valence-electron chi connectivity index (χ1n) is 5.29. The first kappa shape index (κ1) is 11.3. The smallest absolute Gasteiger partial charge is 0.303 e. The molecule has 1 rings (SSSR count). The van der Waals surface area contributed by atoms with E-state index < -0.39 is 0 Å². The quantitative estimate of drug-likeness (QED) is 0.501. The number of ether oxygens (including phenoxy) is 1. The number of esters is 1. The minimum absolute atomic E-state index is 0.193. The molecule has 0 radical (unpaired) electrons. The molecule has 2 unspecified atom stereocenters. The van der Waals surface area contributed by atoms with Crippen LogP contribution in [0.1, 0.15) is 40.5 Å². The Labute approximate surface area is 86.3 Å². The van der Waals surface area contributed by atoms with Crippen LogP contribution in [-0.2, 0) is 9.53 Å². The summed E-state index contributed by atoms with van der Waals surface area (Å²) in [6.45, 7) is 7.65. The number of carbonyl (C=O) groups is 1.